The number of aliphatic hydroxyl groups excluding tert-OH is 1. The van der Waals surface area contributed by atoms with Crippen molar-refractivity contribution in [1.29, 1.82) is 0 Å². The molecule has 1 fully saturated rings. The van der Waals surface area contributed by atoms with Gasteiger partial charge in [0.2, 0.25) is 0 Å². The van der Waals surface area contributed by atoms with E-state index in [1.54, 1.807) is 0 Å². The molecule has 2 N–H and O–H groups in total. The lowest BCUT2D eigenvalue weighted by atomic mass is 10.0. The zero-order valence-corrected chi connectivity index (χ0v) is 7.32. The molecule has 0 amide bonds. The molecule has 2 nitrogen and oxygen atoms in total. The second-order valence-corrected chi connectivity index (χ2v) is 3.15. The van der Waals surface area contributed by atoms with Gasteiger partial charge in [0.05, 0.1) is 6.10 Å². The normalized spacial score (nSPS) is 32.4. The highest BCUT2D eigenvalue weighted by atomic mass is 35.5. The fourth-order valence-corrected chi connectivity index (χ4v) is 1.26. The first-order chi connectivity index (χ1) is 4.20. The van der Waals surface area contributed by atoms with E-state index in [4.69, 9.17) is 5.11 Å². The van der Waals surface area contributed by atoms with E-state index >= 15 is 0 Å². The maximum atomic E-state index is 9.09. The molecule has 1 saturated heterocycles. The minimum Gasteiger partial charge on any atom is -0.392 e. The van der Waals surface area contributed by atoms with Crippen molar-refractivity contribution in [2.45, 2.75) is 32.4 Å². The Morgan fingerprint density at radius 1 is 1.50 bits per heavy atom. The first-order valence-electron chi connectivity index (χ1n) is 3.61. The molecule has 0 spiro atoms. The molecule has 0 radical (unpaired) electrons. The summed E-state index contributed by atoms with van der Waals surface area (Å²) >= 11 is 0. The summed E-state index contributed by atoms with van der Waals surface area (Å²) in [7, 11) is 0. The summed E-state index contributed by atoms with van der Waals surface area (Å²) in [6.07, 6.45) is 0.829. The lowest BCUT2D eigenvalue weighted by Gasteiger charge is -2.12. The summed E-state index contributed by atoms with van der Waals surface area (Å²) < 4.78 is 0. The van der Waals surface area contributed by atoms with Crippen LogP contribution in [0.5, 0.6) is 0 Å². The Kier molecular flexibility index (Phi) is 4.25. The van der Waals surface area contributed by atoms with Crippen LogP contribution >= 0.6 is 12.4 Å². The second-order valence-electron chi connectivity index (χ2n) is 3.15. The molecule has 0 aliphatic carbocycles. The molecule has 0 aromatic heterocycles. The Balaban J connectivity index is 0.000000810. The van der Waals surface area contributed by atoms with Crippen molar-refractivity contribution in [2.24, 2.45) is 5.92 Å². The summed E-state index contributed by atoms with van der Waals surface area (Å²) in [5.41, 5.74) is 0. The maximum Gasteiger partial charge on any atom is 0.0679 e. The van der Waals surface area contributed by atoms with Crippen LogP contribution in [0, 0.1) is 5.92 Å². The molecule has 10 heavy (non-hydrogen) atoms. The number of rotatable bonds is 1. The summed E-state index contributed by atoms with van der Waals surface area (Å²) in [5, 5.41) is 12.3. The first-order valence-corrected chi connectivity index (χ1v) is 3.61. The molecule has 1 heterocycles. The van der Waals surface area contributed by atoms with Crippen molar-refractivity contribution in [3.63, 3.8) is 0 Å². The number of hydrogen-bond acceptors (Lipinski definition) is 2. The van der Waals surface area contributed by atoms with Crippen LogP contribution in [0.4, 0.5) is 0 Å². The number of β-amino-alcohol motifs (C(OH)–C–C–N with tert-alkyl or cyclic N) is 1. The molecule has 1 aliphatic rings. The van der Waals surface area contributed by atoms with Crippen LogP contribution in [0.15, 0.2) is 0 Å². The van der Waals surface area contributed by atoms with Gasteiger partial charge in [-0.25, -0.2) is 0 Å². The predicted molar refractivity (Wildman–Crippen MR) is 44.5 cm³/mol. The summed E-state index contributed by atoms with van der Waals surface area (Å²) in [5.74, 6) is 0.655. The van der Waals surface area contributed by atoms with Crippen LogP contribution in [0.1, 0.15) is 20.3 Å². The van der Waals surface area contributed by atoms with E-state index in [2.05, 4.69) is 19.2 Å². The van der Waals surface area contributed by atoms with E-state index in [0.29, 0.717) is 12.0 Å². The van der Waals surface area contributed by atoms with E-state index in [1.807, 2.05) is 0 Å². The molecular formula is C7H16ClNO. The molecular weight excluding hydrogens is 150 g/mol. The van der Waals surface area contributed by atoms with Gasteiger partial charge in [0.25, 0.3) is 0 Å². The van der Waals surface area contributed by atoms with Crippen molar-refractivity contribution in [2.75, 3.05) is 6.54 Å². The summed E-state index contributed by atoms with van der Waals surface area (Å²) in [4.78, 5) is 0. The Bertz CT molecular complexity index is 97.6. The minimum atomic E-state index is -0.0996. The van der Waals surface area contributed by atoms with E-state index in [-0.39, 0.29) is 18.5 Å². The number of halogens is 1. The Hall–Kier alpha value is 0.210. The van der Waals surface area contributed by atoms with Gasteiger partial charge >= 0.3 is 0 Å². The van der Waals surface area contributed by atoms with Crippen LogP contribution < -0.4 is 5.32 Å². The lowest BCUT2D eigenvalue weighted by Crippen LogP contribution is -2.26. The molecule has 2 atom stereocenters. The molecule has 2 unspecified atom stereocenters. The number of aliphatic hydroxyl groups is 1. The van der Waals surface area contributed by atoms with Gasteiger partial charge in [-0.05, 0) is 12.3 Å². The van der Waals surface area contributed by atoms with Crippen molar-refractivity contribution in [1.82, 2.24) is 5.32 Å². The zero-order valence-electron chi connectivity index (χ0n) is 6.50. The van der Waals surface area contributed by atoms with Crippen LogP contribution in [0.2, 0.25) is 0 Å². The van der Waals surface area contributed by atoms with Gasteiger partial charge < -0.3 is 10.4 Å². The molecule has 0 aromatic rings. The molecule has 3 heteroatoms. The van der Waals surface area contributed by atoms with Crippen LogP contribution in [0.25, 0.3) is 0 Å². The van der Waals surface area contributed by atoms with Crippen molar-refractivity contribution in [3.05, 3.63) is 0 Å². The highest BCUT2D eigenvalue weighted by molar-refractivity contribution is 5.85. The number of hydrogen-bond donors (Lipinski definition) is 2. The van der Waals surface area contributed by atoms with Crippen molar-refractivity contribution in [3.8, 4) is 0 Å². The Labute approximate surface area is 68.4 Å². The van der Waals surface area contributed by atoms with E-state index in [0.717, 1.165) is 13.0 Å². The molecule has 0 aromatic carbocycles. The smallest absolute Gasteiger partial charge is 0.0679 e. The predicted octanol–water partition coefficient (Wildman–Crippen LogP) is 0.787. The zero-order chi connectivity index (χ0) is 6.85. The van der Waals surface area contributed by atoms with E-state index in [1.165, 1.54) is 0 Å². The van der Waals surface area contributed by atoms with Crippen LogP contribution in [-0.4, -0.2) is 23.8 Å². The van der Waals surface area contributed by atoms with Crippen LogP contribution in [0.3, 0.4) is 0 Å². The Morgan fingerprint density at radius 2 is 2.10 bits per heavy atom. The highest BCUT2D eigenvalue weighted by Crippen LogP contribution is 2.13. The van der Waals surface area contributed by atoms with Gasteiger partial charge in [-0.15, -0.1) is 12.4 Å². The lowest BCUT2D eigenvalue weighted by molar-refractivity contribution is 0.190. The largest absolute Gasteiger partial charge is 0.392 e. The third-order valence-electron chi connectivity index (χ3n) is 1.95. The van der Waals surface area contributed by atoms with Gasteiger partial charge in [0, 0.05) is 12.6 Å². The fraction of sp³-hybridized carbons (Fsp3) is 1.00. The topological polar surface area (TPSA) is 32.3 Å². The van der Waals surface area contributed by atoms with Gasteiger partial charge in [0.15, 0.2) is 0 Å². The van der Waals surface area contributed by atoms with Crippen LogP contribution in [-0.2, 0) is 0 Å². The van der Waals surface area contributed by atoms with E-state index < -0.39 is 0 Å². The highest BCUT2D eigenvalue weighted by Gasteiger charge is 2.23. The molecule has 1 aliphatic heterocycles. The van der Waals surface area contributed by atoms with Crippen molar-refractivity contribution >= 4 is 12.4 Å². The average Bonchev–Trinajstić information content (AvgIpc) is 2.14. The number of nitrogens with one attached hydrogen (secondary N) is 1. The third kappa shape index (κ3) is 2.45. The van der Waals surface area contributed by atoms with Crippen molar-refractivity contribution < 1.29 is 5.11 Å². The first kappa shape index (κ1) is 10.2. The molecule has 0 bridgehead atoms. The standard InChI is InChI=1S/C7H15NO.ClH/c1-5(2)7-3-6(9)4-8-7;/h5-9H,3-4H2,1-2H3;1H. The van der Waals surface area contributed by atoms with Gasteiger partial charge in [-0.1, -0.05) is 13.8 Å². The maximum absolute atomic E-state index is 9.09. The quantitative estimate of drug-likeness (QED) is 0.602. The van der Waals surface area contributed by atoms with E-state index in [9.17, 15) is 0 Å². The summed E-state index contributed by atoms with van der Waals surface area (Å²) in [6, 6.07) is 0.542. The molecule has 1 rings (SSSR count). The molecule has 0 saturated carbocycles. The van der Waals surface area contributed by atoms with Gasteiger partial charge in [-0.2, -0.15) is 0 Å². The van der Waals surface area contributed by atoms with Gasteiger partial charge in [-0.3, -0.25) is 0 Å². The monoisotopic (exact) mass is 165 g/mol. The van der Waals surface area contributed by atoms with Gasteiger partial charge in [0.1, 0.15) is 0 Å². The molecule has 62 valence electrons. The fourth-order valence-electron chi connectivity index (χ4n) is 1.26. The third-order valence-corrected chi connectivity index (χ3v) is 1.95. The average molecular weight is 166 g/mol. The Morgan fingerprint density at radius 3 is 2.30 bits per heavy atom. The summed E-state index contributed by atoms with van der Waals surface area (Å²) in [6.45, 7) is 5.13. The second kappa shape index (κ2) is 4.16. The minimum absolute atomic E-state index is 0. The SMILES string of the molecule is CC(C)C1CC(O)CN1.Cl.